The Morgan fingerprint density at radius 3 is 3.06 bits per heavy atom. The van der Waals surface area contributed by atoms with Crippen LogP contribution in [0.15, 0.2) is 30.5 Å². The van der Waals surface area contributed by atoms with Crippen molar-refractivity contribution in [2.24, 2.45) is 5.73 Å². The van der Waals surface area contributed by atoms with Gasteiger partial charge in [0.2, 0.25) is 0 Å². The zero-order valence-electron chi connectivity index (χ0n) is 9.69. The van der Waals surface area contributed by atoms with Crippen molar-refractivity contribution >= 4 is 0 Å². The van der Waals surface area contributed by atoms with Gasteiger partial charge in [0.15, 0.2) is 11.5 Å². The van der Waals surface area contributed by atoms with Crippen molar-refractivity contribution in [3.63, 3.8) is 0 Å². The molecule has 0 aromatic heterocycles. The van der Waals surface area contributed by atoms with E-state index in [1.54, 1.807) is 0 Å². The quantitative estimate of drug-likeness (QED) is 0.823. The van der Waals surface area contributed by atoms with Gasteiger partial charge in [-0.3, -0.25) is 0 Å². The van der Waals surface area contributed by atoms with Crippen LogP contribution in [0.25, 0.3) is 0 Å². The Hall–Kier alpha value is -1.52. The summed E-state index contributed by atoms with van der Waals surface area (Å²) in [6, 6.07) is 5.75. The SMILES string of the molecule is C=C1CCc2cccc(OCC(O)CN)c2O1. The first-order valence-corrected chi connectivity index (χ1v) is 5.69. The third-order valence-electron chi connectivity index (χ3n) is 2.68. The third-order valence-corrected chi connectivity index (χ3v) is 2.68. The van der Waals surface area contributed by atoms with Crippen molar-refractivity contribution in [1.82, 2.24) is 0 Å². The van der Waals surface area contributed by atoms with Crippen LogP contribution in [0, 0.1) is 0 Å². The summed E-state index contributed by atoms with van der Waals surface area (Å²) in [5, 5.41) is 9.37. The van der Waals surface area contributed by atoms with Gasteiger partial charge >= 0.3 is 0 Å². The van der Waals surface area contributed by atoms with Crippen LogP contribution in [0.2, 0.25) is 0 Å². The van der Waals surface area contributed by atoms with Gasteiger partial charge in [-0.25, -0.2) is 0 Å². The van der Waals surface area contributed by atoms with Crippen molar-refractivity contribution < 1.29 is 14.6 Å². The Balaban J connectivity index is 2.14. The molecule has 4 nitrogen and oxygen atoms in total. The van der Waals surface area contributed by atoms with Gasteiger partial charge in [0, 0.05) is 13.0 Å². The van der Waals surface area contributed by atoms with E-state index in [0.717, 1.165) is 24.2 Å². The second-order valence-electron chi connectivity index (χ2n) is 4.09. The average molecular weight is 235 g/mol. The molecule has 1 aromatic carbocycles. The van der Waals surface area contributed by atoms with E-state index < -0.39 is 6.10 Å². The fraction of sp³-hybridized carbons (Fsp3) is 0.385. The van der Waals surface area contributed by atoms with Crippen LogP contribution >= 0.6 is 0 Å². The lowest BCUT2D eigenvalue weighted by Crippen LogP contribution is -2.26. The highest BCUT2D eigenvalue weighted by Gasteiger charge is 2.18. The minimum absolute atomic E-state index is 0.169. The molecule has 3 N–H and O–H groups in total. The van der Waals surface area contributed by atoms with E-state index in [0.29, 0.717) is 11.5 Å². The number of rotatable bonds is 4. The summed E-state index contributed by atoms with van der Waals surface area (Å²) in [7, 11) is 0. The fourth-order valence-corrected chi connectivity index (χ4v) is 1.71. The minimum Gasteiger partial charge on any atom is -0.487 e. The van der Waals surface area contributed by atoms with Crippen LogP contribution in [0.5, 0.6) is 11.5 Å². The number of aliphatic hydroxyl groups excluding tert-OH is 1. The minimum atomic E-state index is -0.655. The summed E-state index contributed by atoms with van der Waals surface area (Å²) in [5.74, 6) is 2.09. The molecule has 2 rings (SSSR count). The molecule has 0 aliphatic carbocycles. The first kappa shape index (κ1) is 12.0. The third kappa shape index (κ3) is 2.78. The predicted octanol–water partition coefficient (Wildman–Crippen LogP) is 1.22. The van der Waals surface area contributed by atoms with Crippen LogP contribution < -0.4 is 15.2 Å². The smallest absolute Gasteiger partial charge is 0.171 e. The molecule has 17 heavy (non-hydrogen) atoms. The van der Waals surface area contributed by atoms with Crippen molar-refractivity contribution in [2.75, 3.05) is 13.2 Å². The molecule has 0 spiro atoms. The molecule has 0 fully saturated rings. The molecular formula is C13H17NO3. The summed E-state index contributed by atoms with van der Waals surface area (Å²) in [5.41, 5.74) is 6.43. The van der Waals surface area contributed by atoms with Crippen LogP contribution in [0.3, 0.4) is 0 Å². The number of aliphatic hydroxyl groups is 1. The number of ether oxygens (including phenoxy) is 2. The molecule has 1 heterocycles. The Kier molecular flexibility index (Phi) is 3.66. The summed E-state index contributed by atoms with van der Waals surface area (Å²) >= 11 is 0. The van der Waals surface area contributed by atoms with E-state index in [-0.39, 0.29) is 13.2 Å². The van der Waals surface area contributed by atoms with Gasteiger partial charge in [-0.05, 0) is 18.1 Å². The number of hydrogen-bond donors (Lipinski definition) is 2. The van der Waals surface area contributed by atoms with Crippen molar-refractivity contribution in [3.05, 3.63) is 36.1 Å². The van der Waals surface area contributed by atoms with Crippen LogP contribution in [0.1, 0.15) is 12.0 Å². The lowest BCUT2D eigenvalue weighted by molar-refractivity contribution is 0.112. The number of nitrogens with two attached hydrogens (primary N) is 1. The molecule has 1 aromatic rings. The summed E-state index contributed by atoms with van der Waals surface area (Å²) in [6.07, 6.45) is 1.09. The topological polar surface area (TPSA) is 64.7 Å². The number of para-hydroxylation sites is 1. The number of benzene rings is 1. The molecule has 0 bridgehead atoms. The van der Waals surface area contributed by atoms with E-state index in [9.17, 15) is 5.11 Å². The van der Waals surface area contributed by atoms with Crippen LogP contribution in [-0.2, 0) is 6.42 Å². The Bertz CT molecular complexity index is 417. The van der Waals surface area contributed by atoms with Gasteiger partial charge in [0.25, 0.3) is 0 Å². The number of aryl methyl sites for hydroxylation is 1. The Morgan fingerprint density at radius 1 is 1.47 bits per heavy atom. The zero-order chi connectivity index (χ0) is 12.3. The molecule has 0 saturated heterocycles. The summed E-state index contributed by atoms with van der Waals surface area (Å²) in [4.78, 5) is 0. The Labute approximate surface area is 101 Å². The predicted molar refractivity (Wildman–Crippen MR) is 65.1 cm³/mol. The molecule has 4 heteroatoms. The maximum atomic E-state index is 9.37. The number of fused-ring (bicyclic) bond motifs is 1. The zero-order valence-corrected chi connectivity index (χ0v) is 9.69. The molecular weight excluding hydrogens is 218 g/mol. The average Bonchev–Trinajstić information content (AvgIpc) is 2.35. The van der Waals surface area contributed by atoms with Crippen molar-refractivity contribution in [1.29, 1.82) is 0 Å². The Morgan fingerprint density at radius 2 is 2.29 bits per heavy atom. The van der Waals surface area contributed by atoms with Gasteiger partial charge in [-0.15, -0.1) is 0 Å². The van der Waals surface area contributed by atoms with Crippen LogP contribution in [-0.4, -0.2) is 24.4 Å². The largest absolute Gasteiger partial charge is 0.487 e. The van der Waals surface area contributed by atoms with Gasteiger partial charge in [0.1, 0.15) is 12.7 Å². The van der Waals surface area contributed by atoms with Gasteiger partial charge in [-0.2, -0.15) is 0 Å². The lowest BCUT2D eigenvalue weighted by Gasteiger charge is -2.22. The van der Waals surface area contributed by atoms with Crippen molar-refractivity contribution in [2.45, 2.75) is 18.9 Å². The maximum absolute atomic E-state index is 9.37. The van der Waals surface area contributed by atoms with E-state index >= 15 is 0 Å². The molecule has 0 radical (unpaired) electrons. The molecule has 0 saturated carbocycles. The van der Waals surface area contributed by atoms with E-state index in [4.69, 9.17) is 15.2 Å². The first-order chi connectivity index (χ1) is 8.20. The van der Waals surface area contributed by atoms with Gasteiger partial charge in [-0.1, -0.05) is 18.7 Å². The molecule has 1 atom stereocenters. The number of hydrogen-bond acceptors (Lipinski definition) is 4. The molecule has 1 aliphatic rings. The van der Waals surface area contributed by atoms with Crippen LogP contribution in [0.4, 0.5) is 0 Å². The first-order valence-electron chi connectivity index (χ1n) is 5.69. The molecule has 1 unspecified atom stereocenters. The fourth-order valence-electron chi connectivity index (χ4n) is 1.71. The van der Waals surface area contributed by atoms with E-state index in [1.807, 2.05) is 18.2 Å². The van der Waals surface area contributed by atoms with Gasteiger partial charge < -0.3 is 20.3 Å². The summed E-state index contributed by atoms with van der Waals surface area (Å²) in [6.45, 7) is 4.17. The molecule has 92 valence electrons. The second-order valence-corrected chi connectivity index (χ2v) is 4.09. The van der Waals surface area contributed by atoms with Crippen molar-refractivity contribution in [3.8, 4) is 11.5 Å². The van der Waals surface area contributed by atoms with E-state index in [2.05, 4.69) is 6.58 Å². The van der Waals surface area contributed by atoms with Gasteiger partial charge in [0.05, 0.1) is 5.76 Å². The van der Waals surface area contributed by atoms with E-state index in [1.165, 1.54) is 0 Å². The second kappa shape index (κ2) is 5.21. The monoisotopic (exact) mass is 235 g/mol. The summed E-state index contributed by atoms with van der Waals surface area (Å²) < 4.78 is 11.1. The highest BCUT2D eigenvalue weighted by Crippen LogP contribution is 2.37. The number of allylic oxidation sites excluding steroid dienone is 1. The highest BCUT2D eigenvalue weighted by molar-refractivity contribution is 5.49. The lowest BCUT2D eigenvalue weighted by atomic mass is 10.0. The molecule has 1 aliphatic heterocycles. The highest BCUT2D eigenvalue weighted by atomic mass is 16.5. The standard InChI is InChI=1S/C13H17NO3/c1-9-5-6-10-3-2-4-12(13(10)17-9)16-8-11(15)7-14/h2-4,11,15H,1,5-8,14H2. The normalized spacial score (nSPS) is 16.0. The molecule has 0 amide bonds. The maximum Gasteiger partial charge on any atom is 0.171 e.